The first-order valence-electron chi connectivity index (χ1n) is 7.21. The molecule has 2 rings (SSSR count). The Hall–Kier alpha value is -0.900. The molecule has 0 aromatic heterocycles. The van der Waals surface area contributed by atoms with E-state index in [1.807, 2.05) is 31.2 Å². The lowest BCUT2D eigenvalue weighted by Gasteiger charge is -2.34. The lowest BCUT2D eigenvalue weighted by atomic mass is 9.95. The van der Waals surface area contributed by atoms with Crippen molar-refractivity contribution in [2.45, 2.75) is 38.9 Å². The van der Waals surface area contributed by atoms with Gasteiger partial charge in [-0.05, 0) is 37.8 Å². The second-order valence-corrected chi connectivity index (χ2v) is 5.85. The van der Waals surface area contributed by atoms with Gasteiger partial charge in [-0.3, -0.25) is 0 Å². The summed E-state index contributed by atoms with van der Waals surface area (Å²) in [4.78, 5) is 2.25. The van der Waals surface area contributed by atoms with Crippen molar-refractivity contribution in [1.29, 1.82) is 0 Å². The highest BCUT2D eigenvalue weighted by atomic mass is 16.3. The molecule has 2 N–H and O–H groups in total. The van der Waals surface area contributed by atoms with Crippen LogP contribution in [0.2, 0.25) is 0 Å². The van der Waals surface area contributed by atoms with Crippen LogP contribution in [0.15, 0.2) is 24.3 Å². The molecule has 0 amide bonds. The lowest BCUT2D eigenvalue weighted by molar-refractivity contribution is 0.0226. The number of rotatable bonds is 4. The molecule has 0 aliphatic carbocycles. The van der Waals surface area contributed by atoms with Gasteiger partial charge in [0.05, 0.1) is 12.2 Å². The molecule has 0 saturated carbocycles. The molecular weight excluding hydrogens is 238 g/mol. The average Bonchev–Trinajstić information content (AvgIpc) is 2.40. The highest BCUT2D eigenvalue weighted by molar-refractivity contribution is 5.23. The summed E-state index contributed by atoms with van der Waals surface area (Å²) in [5, 5.41) is 20.1. The normalized spacial score (nSPS) is 26.3. The van der Waals surface area contributed by atoms with E-state index in [0.717, 1.165) is 38.0 Å². The number of hydrogen-bond acceptors (Lipinski definition) is 3. The van der Waals surface area contributed by atoms with Crippen LogP contribution in [0, 0.1) is 12.8 Å². The molecule has 1 aliphatic heterocycles. The molecule has 19 heavy (non-hydrogen) atoms. The summed E-state index contributed by atoms with van der Waals surface area (Å²) in [6.07, 6.45) is 1.15. The van der Waals surface area contributed by atoms with Crippen molar-refractivity contribution in [3.05, 3.63) is 35.4 Å². The van der Waals surface area contributed by atoms with E-state index in [1.165, 1.54) is 5.56 Å². The Balaban J connectivity index is 1.82. The van der Waals surface area contributed by atoms with Gasteiger partial charge in [-0.2, -0.15) is 0 Å². The smallest absolute Gasteiger partial charge is 0.0802 e. The van der Waals surface area contributed by atoms with Crippen LogP contribution in [0.25, 0.3) is 0 Å². The number of aliphatic hydroxyl groups is 2. The van der Waals surface area contributed by atoms with Gasteiger partial charge in [-0.15, -0.1) is 0 Å². The predicted molar refractivity (Wildman–Crippen MR) is 77.0 cm³/mol. The minimum atomic E-state index is -0.406. The van der Waals surface area contributed by atoms with Gasteiger partial charge in [-0.25, -0.2) is 0 Å². The summed E-state index contributed by atoms with van der Waals surface area (Å²) in [7, 11) is 0. The molecule has 3 unspecified atom stereocenters. The molecule has 1 aromatic carbocycles. The number of piperidine rings is 1. The number of β-amino-alcohol motifs (C(OH)–C–C–N with tert-alkyl or cyclic N) is 1. The molecular formula is C16H25NO2. The number of hydrogen-bond donors (Lipinski definition) is 2. The zero-order valence-electron chi connectivity index (χ0n) is 11.9. The van der Waals surface area contributed by atoms with Crippen LogP contribution in [0.1, 0.15) is 37.0 Å². The van der Waals surface area contributed by atoms with Gasteiger partial charge in [0.15, 0.2) is 0 Å². The van der Waals surface area contributed by atoms with Crippen molar-refractivity contribution in [1.82, 2.24) is 4.90 Å². The molecule has 1 aliphatic rings. The molecule has 0 spiro atoms. The average molecular weight is 263 g/mol. The molecule has 3 nitrogen and oxygen atoms in total. The first-order valence-corrected chi connectivity index (χ1v) is 7.21. The molecule has 1 fully saturated rings. The Morgan fingerprint density at radius 1 is 1.42 bits per heavy atom. The van der Waals surface area contributed by atoms with Crippen molar-refractivity contribution < 1.29 is 10.2 Å². The van der Waals surface area contributed by atoms with Gasteiger partial charge in [0.25, 0.3) is 0 Å². The topological polar surface area (TPSA) is 43.7 Å². The first-order chi connectivity index (χ1) is 9.06. The summed E-state index contributed by atoms with van der Waals surface area (Å²) in [5.41, 5.74) is 2.17. The van der Waals surface area contributed by atoms with Gasteiger partial charge in [0, 0.05) is 13.1 Å². The Kier molecular flexibility index (Phi) is 4.97. The number of benzene rings is 1. The fourth-order valence-corrected chi connectivity index (χ4v) is 2.67. The van der Waals surface area contributed by atoms with Gasteiger partial charge in [0.1, 0.15) is 0 Å². The zero-order chi connectivity index (χ0) is 13.8. The second kappa shape index (κ2) is 6.51. The van der Waals surface area contributed by atoms with Crippen LogP contribution in [-0.2, 0) is 0 Å². The van der Waals surface area contributed by atoms with Gasteiger partial charge in [0.2, 0.25) is 0 Å². The molecule has 0 radical (unpaired) electrons. The first kappa shape index (κ1) is 14.5. The van der Waals surface area contributed by atoms with Crippen LogP contribution in [0.5, 0.6) is 0 Å². The summed E-state index contributed by atoms with van der Waals surface area (Å²) < 4.78 is 0. The molecule has 1 saturated heterocycles. The van der Waals surface area contributed by atoms with E-state index in [2.05, 4.69) is 11.8 Å². The Labute approximate surface area is 115 Å². The SMILES string of the molecule is Cc1cccc(C(O)CCN2CCC(C)C(O)C2)c1. The van der Waals surface area contributed by atoms with E-state index in [1.54, 1.807) is 0 Å². The Morgan fingerprint density at radius 2 is 2.21 bits per heavy atom. The van der Waals surface area contributed by atoms with E-state index in [-0.39, 0.29) is 6.10 Å². The monoisotopic (exact) mass is 263 g/mol. The third-order valence-electron chi connectivity index (χ3n) is 4.15. The van der Waals surface area contributed by atoms with E-state index in [9.17, 15) is 10.2 Å². The van der Waals surface area contributed by atoms with Crippen LogP contribution in [-0.4, -0.2) is 40.9 Å². The Bertz CT molecular complexity index is 407. The van der Waals surface area contributed by atoms with Crippen LogP contribution < -0.4 is 0 Å². The van der Waals surface area contributed by atoms with Crippen molar-refractivity contribution >= 4 is 0 Å². The largest absolute Gasteiger partial charge is 0.392 e. The van der Waals surface area contributed by atoms with Crippen LogP contribution in [0.4, 0.5) is 0 Å². The maximum Gasteiger partial charge on any atom is 0.0802 e. The third kappa shape index (κ3) is 4.03. The number of likely N-dealkylation sites (tertiary alicyclic amines) is 1. The number of aryl methyl sites for hydroxylation is 1. The summed E-state index contributed by atoms with van der Waals surface area (Å²) in [6.45, 7) is 6.75. The maximum atomic E-state index is 10.2. The highest BCUT2D eigenvalue weighted by Crippen LogP contribution is 2.21. The summed E-state index contributed by atoms with van der Waals surface area (Å²) in [5.74, 6) is 0.401. The van der Waals surface area contributed by atoms with E-state index >= 15 is 0 Å². The predicted octanol–water partition coefficient (Wildman–Crippen LogP) is 2.12. The Morgan fingerprint density at radius 3 is 2.89 bits per heavy atom. The third-order valence-corrected chi connectivity index (χ3v) is 4.15. The van der Waals surface area contributed by atoms with Crippen LogP contribution in [0.3, 0.4) is 0 Å². The fourth-order valence-electron chi connectivity index (χ4n) is 2.67. The molecule has 3 heteroatoms. The van der Waals surface area contributed by atoms with E-state index in [0.29, 0.717) is 5.92 Å². The fraction of sp³-hybridized carbons (Fsp3) is 0.625. The standard InChI is InChI=1S/C16H25NO2/c1-12-4-3-5-14(10-12)15(18)7-9-17-8-6-13(2)16(19)11-17/h3-5,10,13,15-16,18-19H,6-9,11H2,1-2H3. The quantitative estimate of drug-likeness (QED) is 0.874. The highest BCUT2D eigenvalue weighted by Gasteiger charge is 2.24. The minimum absolute atomic E-state index is 0.218. The van der Waals surface area contributed by atoms with E-state index < -0.39 is 6.10 Å². The second-order valence-electron chi connectivity index (χ2n) is 5.85. The molecule has 0 bridgehead atoms. The van der Waals surface area contributed by atoms with Gasteiger partial charge in [-0.1, -0.05) is 36.8 Å². The zero-order valence-corrected chi connectivity index (χ0v) is 11.9. The summed E-state index contributed by atoms with van der Waals surface area (Å²) in [6, 6.07) is 8.04. The van der Waals surface area contributed by atoms with Gasteiger partial charge < -0.3 is 15.1 Å². The van der Waals surface area contributed by atoms with Crippen molar-refractivity contribution in [2.24, 2.45) is 5.92 Å². The van der Waals surface area contributed by atoms with Crippen molar-refractivity contribution in [2.75, 3.05) is 19.6 Å². The van der Waals surface area contributed by atoms with Crippen molar-refractivity contribution in [3.63, 3.8) is 0 Å². The number of aliphatic hydroxyl groups excluding tert-OH is 2. The van der Waals surface area contributed by atoms with Crippen molar-refractivity contribution in [3.8, 4) is 0 Å². The van der Waals surface area contributed by atoms with E-state index in [4.69, 9.17) is 0 Å². The lowest BCUT2D eigenvalue weighted by Crippen LogP contribution is -2.43. The molecule has 3 atom stereocenters. The van der Waals surface area contributed by atoms with Crippen LogP contribution >= 0.6 is 0 Å². The van der Waals surface area contributed by atoms with Gasteiger partial charge >= 0.3 is 0 Å². The summed E-state index contributed by atoms with van der Waals surface area (Å²) >= 11 is 0. The molecule has 1 aromatic rings. The molecule has 106 valence electrons. The minimum Gasteiger partial charge on any atom is -0.392 e. The molecule has 1 heterocycles. The maximum absolute atomic E-state index is 10.2. The number of nitrogens with zero attached hydrogens (tertiary/aromatic N) is 1.